The van der Waals surface area contributed by atoms with E-state index in [1.54, 1.807) is 48.5 Å². The standard InChI is InChI=1S/C31H26N4O3/c1-35(2)24-17-18-26-25(19-24)28(21-11-5-3-6-12-21)29(33-26)30(36)34-32-20-23-15-9-10-16-27(23)38-31(37)22-13-7-4-8-14-22/h3-20,33H,1-2H3,(H,34,36). The number of para-hydroxylation sites is 1. The van der Waals surface area contributed by atoms with Crippen LogP contribution in [0.4, 0.5) is 5.69 Å². The van der Waals surface area contributed by atoms with Gasteiger partial charge in [0.15, 0.2) is 0 Å². The minimum absolute atomic E-state index is 0.339. The van der Waals surface area contributed by atoms with Gasteiger partial charge in [0.25, 0.3) is 5.91 Å². The van der Waals surface area contributed by atoms with E-state index in [0.29, 0.717) is 22.6 Å². The molecule has 38 heavy (non-hydrogen) atoms. The molecule has 0 spiro atoms. The van der Waals surface area contributed by atoms with Crippen molar-refractivity contribution >= 4 is 34.7 Å². The molecule has 0 unspecified atom stereocenters. The topological polar surface area (TPSA) is 86.8 Å². The van der Waals surface area contributed by atoms with Crippen LogP contribution in [0.2, 0.25) is 0 Å². The number of anilines is 1. The van der Waals surface area contributed by atoms with Crippen LogP contribution in [0.5, 0.6) is 5.75 Å². The number of rotatable bonds is 7. The number of carbonyl (C=O) groups excluding carboxylic acids is 2. The Bertz CT molecular complexity index is 1620. The number of aromatic nitrogens is 1. The molecule has 1 heterocycles. The molecule has 0 bridgehead atoms. The molecule has 0 saturated heterocycles. The van der Waals surface area contributed by atoms with E-state index in [1.807, 2.05) is 67.5 Å². The minimum atomic E-state index is -0.474. The van der Waals surface area contributed by atoms with Gasteiger partial charge in [0, 0.05) is 41.8 Å². The summed E-state index contributed by atoms with van der Waals surface area (Å²) in [5.41, 5.74) is 7.61. The highest BCUT2D eigenvalue weighted by atomic mass is 16.5. The van der Waals surface area contributed by atoms with Gasteiger partial charge in [-0.2, -0.15) is 5.10 Å². The quantitative estimate of drug-likeness (QED) is 0.126. The van der Waals surface area contributed by atoms with Crippen molar-refractivity contribution in [1.82, 2.24) is 10.4 Å². The first-order chi connectivity index (χ1) is 18.5. The molecule has 7 heteroatoms. The third-order valence-electron chi connectivity index (χ3n) is 6.09. The Balaban J connectivity index is 1.41. The Kier molecular flexibility index (Phi) is 6.99. The number of amides is 1. The molecule has 4 aromatic carbocycles. The van der Waals surface area contributed by atoms with Gasteiger partial charge in [0.05, 0.1) is 11.8 Å². The summed E-state index contributed by atoms with van der Waals surface area (Å²) >= 11 is 0. The largest absolute Gasteiger partial charge is 0.422 e. The first-order valence-electron chi connectivity index (χ1n) is 12.1. The zero-order valence-electron chi connectivity index (χ0n) is 21.0. The molecule has 0 aliphatic rings. The molecule has 5 aromatic rings. The summed E-state index contributed by atoms with van der Waals surface area (Å²) < 4.78 is 5.57. The van der Waals surface area contributed by atoms with Crippen LogP contribution in [0, 0.1) is 0 Å². The van der Waals surface area contributed by atoms with Crippen LogP contribution >= 0.6 is 0 Å². The zero-order chi connectivity index (χ0) is 26.5. The number of nitrogens with one attached hydrogen (secondary N) is 2. The average Bonchev–Trinajstić information content (AvgIpc) is 3.34. The second-order valence-electron chi connectivity index (χ2n) is 8.86. The molecule has 0 fully saturated rings. The lowest BCUT2D eigenvalue weighted by molar-refractivity contribution is 0.0734. The van der Waals surface area contributed by atoms with Crippen LogP contribution in [0.1, 0.15) is 26.4 Å². The van der Waals surface area contributed by atoms with Gasteiger partial charge in [-0.15, -0.1) is 0 Å². The van der Waals surface area contributed by atoms with Crippen molar-refractivity contribution in [3.8, 4) is 16.9 Å². The summed E-state index contributed by atoms with van der Waals surface area (Å²) in [5, 5.41) is 5.10. The van der Waals surface area contributed by atoms with Crippen molar-refractivity contribution in [2.75, 3.05) is 19.0 Å². The predicted molar refractivity (Wildman–Crippen MR) is 151 cm³/mol. The third kappa shape index (κ3) is 5.17. The number of hydrazone groups is 1. The lowest BCUT2D eigenvalue weighted by atomic mass is 10.0. The van der Waals surface area contributed by atoms with Crippen molar-refractivity contribution in [2.45, 2.75) is 0 Å². The summed E-state index contributed by atoms with van der Waals surface area (Å²) in [6.07, 6.45) is 1.46. The molecule has 2 N–H and O–H groups in total. The molecule has 0 radical (unpaired) electrons. The highest BCUT2D eigenvalue weighted by Crippen LogP contribution is 2.34. The van der Waals surface area contributed by atoms with E-state index in [9.17, 15) is 9.59 Å². The lowest BCUT2D eigenvalue weighted by Gasteiger charge is -2.12. The van der Waals surface area contributed by atoms with E-state index in [4.69, 9.17) is 4.74 Å². The van der Waals surface area contributed by atoms with E-state index < -0.39 is 5.97 Å². The van der Waals surface area contributed by atoms with Gasteiger partial charge >= 0.3 is 5.97 Å². The van der Waals surface area contributed by atoms with Gasteiger partial charge < -0.3 is 14.6 Å². The number of H-pyrrole nitrogens is 1. The number of hydrogen-bond donors (Lipinski definition) is 2. The fourth-order valence-electron chi connectivity index (χ4n) is 4.16. The van der Waals surface area contributed by atoms with E-state index in [0.717, 1.165) is 27.7 Å². The second-order valence-corrected chi connectivity index (χ2v) is 8.86. The molecule has 0 atom stereocenters. The zero-order valence-corrected chi connectivity index (χ0v) is 21.0. The van der Waals surface area contributed by atoms with Crippen LogP contribution in [0.15, 0.2) is 108 Å². The smallest absolute Gasteiger partial charge is 0.343 e. The third-order valence-corrected chi connectivity index (χ3v) is 6.09. The molecule has 1 aromatic heterocycles. The van der Waals surface area contributed by atoms with Gasteiger partial charge in [-0.3, -0.25) is 4.79 Å². The van der Waals surface area contributed by atoms with Crippen molar-refractivity contribution in [3.05, 3.63) is 120 Å². The molecule has 7 nitrogen and oxygen atoms in total. The Hall–Kier alpha value is -5.17. The van der Waals surface area contributed by atoms with Crippen molar-refractivity contribution in [1.29, 1.82) is 0 Å². The van der Waals surface area contributed by atoms with Crippen LogP contribution in [0.25, 0.3) is 22.0 Å². The van der Waals surface area contributed by atoms with Crippen LogP contribution in [-0.4, -0.2) is 37.2 Å². The summed E-state index contributed by atoms with van der Waals surface area (Å²) in [6.45, 7) is 0. The highest BCUT2D eigenvalue weighted by Gasteiger charge is 2.20. The van der Waals surface area contributed by atoms with E-state index in [1.165, 1.54) is 6.21 Å². The summed E-state index contributed by atoms with van der Waals surface area (Å²) in [6, 6.07) is 31.6. The number of fused-ring (bicyclic) bond motifs is 1. The van der Waals surface area contributed by atoms with Crippen molar-refractivity contribution in [2.24, 2.45) is 5.10 Å². The maximum atomic E-state index is 13.3. The Labute approximate surface area is 220 Å². The first-order valence-corrected chi connectivity index (χ1v) is 12.1. The number of esters is 1. The van der Waals surface area contributed by atoms with Gasteiger partial charge in [0.1, 0.15) is 11.4 Å². The maximum absolute atomic E-state index is 13.3. The lowest BCUT2D eigenvalue weighted by Crippen LogP contribution is -2.19. The fraction of sp³-hybridized carbons (Fsp3) is 0.0645. The van der Waals surface area contributed by atoms with Crippen LogP contribution in [0.3, 0.4) is 0 Å². The number of carbonyl (C=O) groups is 2. The molecule has 188 valence electrons. The molecular weight excluding hydrogens is 476 g/mol. The van der Waals surface area contributed by atoms with Gasteiger partial charge in [0.2, 0.25) is 0 Å². The van der Waals surface area contributed by atoms with Crippen LogP contribution in [-0.2, 0) is 0 Å². The average molecular weight is 503 g/mol. The second kappa shape index (κ2) is 10.8. The van der Waals surface area contributed by atoms with Crippen LogP contribution < -0.4 is 15.1 Å². The van der Waals surface area contributed by atoms with Gasteiger partial charge in [-0.1, -0.05) is 60.7 Å². The Morgan fingerprint density at radius 3 is 2.29 bits per heavy atom. The molecule has 0 saturated carbocycles. The first kappa shape index (κ1) is 24.5. The predicted octanol–water partition coefficient (Wildman–Crippen LogP) is 5.88. The number of nitrogens with zero attached hydrogens (tertiary/aromatic N) is 2. The summed E-state index contributed by atoms with van der Waals surface area (Å²) in [5.74, 6) is -0.522. The van der Waals surface area contributed by atoms with E-state index in [-0.39, 0.29) is 5.91 Å². The maximum Gasteiger partial charge on any atom is 0.343 e. The Morgan fingerprint density at radius 1 is 0.868 bits per heavy atom. The van der Waals surface area contributed by atoms with E-state index >= 15 is 0 Å². The molecule has 1 amide bonds. The monoisotopic (exact) mass is 502 g/mol. The van der Waals surface area contributed by atoms with Gasteiger partial charge in [-0.05, 0) is 48.0 Å². The molecule has 0 aliphatic carbocycles. The van der Waals surface area contributed by atoms with E-state index in [2.05, 4.69) is 21.6 Å². The number of benzene rings is 4. The van der Waals surface area contributed by atoms with Gasteiger partial charge in [-0.25, -0.2) is 10.2 Å². The molecular formula is C31H26N4O3. The van der Waals surface area contributed by atoms with Crippen molar-refractivity contribution < 1.29 is 14.3 Å². The number of hydrogen-bond acceptors (Lipinski definition) is 5. The summed E-state index contributed by atoms with van der Waals surface area (Å²) in [4.78, 5) is 31.1. The summed E-state index contributed by atoms with van der Waals surface area (Å²) in [7, 11) is 3.96. The fourth-order valence-corrected chi connectivity index (χ4v) is 4.16. The molecule has 0 aliphatic heterocycles. The SMILES string of the molecule is CN(C)c1ccc2[nH]c(C(=O)NN=Cc3ccccc3OC(=O)c3ccccc3)c(-c3ccccc3)c2c1. The van der Waals surface area contributed by atoms with Crippen molar-refractivity contribution in [3.63, 3.8) is 0 Å². The highest BCUT2D eigenvalue weighted by molar-refractivity contribution is 6.10. The molecule has 5 rings (SSSR count). The number of aromatic amines is 1. The normalized spacial score (nSPS) is 11.0. The Morgan fingerprint density at radius 2 is 1.55 bits per heavy atom. The number of ether oxygens (including phenoxy) is 1. The minimum Gasteiger partial charge on any atom is -0.422 e.